The van der Waals surface area contributed by atoms with Gasteiger partial charge >= 0.3 is 0 Å². The van der Waals surface area contributed by atoms with Crippen molar-refractivity contribution in [2.24, 2.45) is 0 Å². The van der Waals surface area contributed by atoms with E-state index in [4.69, 9.17) is 0 Å². The molecule has 0 unspecified atom stereocenters. The van der Waals surface area contributed by atoms with E-state index in [0.29, 0.717) is 17.8 Å². The highest BCUT2D eigenvalue weighted by atomic mass is 19.3. The first-order valence-electron chi connectivity index (χ1n) is 7.66. The summed E-state index contributed by atoms with van der Waals surface area (Å²) < 4.78 is 28.5. The Hall–Kier alpha value is -2.97. The van der Waals surface area contributed by atoms with Gasteiger partial charge in [-0.05, 0) is 12.5 Å². The third kappa shape index (κ3) is 3.30. The molecule has 0 bridgehead atoms. The summed E-state index contributed by atoms with van der Waals surface area (Å²) in [7, 11) is 0. The lowest BCUT2D eigenvalue weighted by Crippen LogP contribution is -2.13. The average molecular weight is 346 g/mol. The SMILES string of the molecule is CCc1nn(-c2nccc(C(C)(F)F)n2)c2cc(NC(C)=O)ncc12. The van der Waals surface area contributed by atoms with E-state index >= 15 is 0 Å². The van der Waals surface area contributed by atoms with Crippen LogP contribution in [0.3, 0.4) is 0 Å². The second-order valence-corrected chi connectivity index (χ2v) is 5.61. The molecular weight excluding hydrogens is 330 g/mol. The number of alkyl halides is 2. The maximum absolute atomic E-state index is 13.6. The molecule has 3 aromatic heterocycles. The number of pyridine rings is 1. The number of amides is 1. The maximum Gasteiger partial charge on any atom is 0.287 e. The monoisotopic (exact) mass is 346 g/mol. The molecule has 3 aromatic rings. The van der Waals surface area contributed by atoms with Crippen LogP contribution in [0.5, 0.6) is 0 Å². The number of aromatic nitrogens is 5. The first-order chi connectivity index (χ1) is 11.8. The molecule has 3 heterocycles. The highest BCUT2D eigenvalue weighted by Gasteiger charge is 2.27. The van der Waals surface area contributed by atoms with Crippen LogP contribution in [0.2, 0.25) is 0 Å². The normalized spacial score (nSPS) is 11.7. The van der Waals surface area contributed by atoms with Crippen LogP contribution >= 0.6 is 0 Å². The number of rotatable bonds is 4. The average Bonchev–Trinajstić information content (AvgIpc) is 2.91. The minimum absolute atomic E-state index is 0.0312. The van der Waals surface area contributed by atoms with Gasteiger partial charge in [-0.2, -0.15) is 18.6 Å². The Labute approximate surface area is 142 Å². The van der Waals surface area contributed by atoms with Crippen molar-refractivity contribution in [3.8, 4) is 5.95 Å². The van der Waals surface area contributed by atoms with Gasteiger partial charge in [0.05, 0.1) is 11.2 Å². The molecule has 3 rings (SSSR count). The van der Waals surface area contributed by atoms with Gasteiger partial charge in [-0.1, -0.05) is 6.92 Å². The summed E-state index contributed by atoms with van der Waals surface area (Å²) in [6.45, 7) is 4.07. The largest absolute Gasteiger partial charge is 0.311 e. The topological polar surface area (TPSA) is 85.6 Å². The van der Waals surface area contributed by atoms with E-state index in [1.54, 1.807) is 12.3 Å². The number of carbonyl (C=O) groups is 1. The lowest BCUT2D eigenvalue weighted by Gasteiger charge is -2.10. The van der Waals surface area contributed by atoms with Gasteiger partial charge in [0, 0.05) is 37.7 Å². The highest BCUT2D eigenvalue weighted by molar-refractivity contribution is 5.91. The van der Waals surface area contributed by atoms with Crippen LogP contribution in [0.4, 0.5) is 14.6 Å². The Morgan fingerprint density at radius 2 is 2.12 bits per heavy atom. The van der Waals surface area contributed by atoms with Crippen LogP contribution in [-0.2, 0) is 17.1 Å². The number of halogens is 2. The lowest BCUT2D eigenvalue weighted by molar-refractivity contribution is -0.114. The summed E-state index contributed by atoms with van der Waals surface area (Å²) in [6.07, 6.45) is 3.47. The van der Waals surface area contributed by atoms with E-state index in [0.717, 1.165) is 18.0 Å². The van der Waals surface area contributed by atoms with E-state index < -0.39 is 11.6 Å². The molecule has 0 saturated carbocycles. The summed E-state index contributed by atoms with van der Waals surface area (Å²) in [5.41, 5.74) is 0.914. The molecule has 1 N–H and O–H groups in total. The Morgan fingerprint density at radius 3 is 2.76 bits per heavy atom. The van der Waals surface area contributed by atoms with Gasteiger partial charge in [0.2, 0.25) is 5.91 Å². The van der Waals surface area contributed by atoms with Gasteiger partial charge in [-0.3, -0.25) is 4.79 Å². The van der Waals surface area contributed by atoms with E-state index in [2.05, 4.69) is 25.4 Å². The van der Waals surface area contributed by atoms with E-state index in [1.807, 2.05) is 6.92 Å². The number of carbonyl (C=O) groups excluding carboxylic acids is 1. The van der Waals surface area contributed by atoms with Crippen LogP contribution in [0.15, 0.2) is 24.5 Å². The molecule has 7 nitrogen and oxygen atoms in total. The fourth-order valence-electron chi connectivity index (χ4n) is 2.43. The van der Waals surface area contributed by atoms with Crippen LogP contribution in [-0.4, -0.2) is 30.6 Å². The van der Waals surface area contributed by atoms with Gasteiger partial charge in [-0.25, -0.2) is 15.0 Å². The quantitative estimate of drug-likeness (QED) is 0.785. The van der Waals surface area contributed by atoms with Crippen molar-refractivity contribution in [3.05, 3.63) is 35.9 Å². The molecule has 0 aliphatic rings. The van der Waals surface area contributed by atoms with Crippen molar-refractivity contribution < 1.29 is 13.6 Å². The fourth-order valence-corrected chi connectivity index (χ4v) is 2.43. The third-order valence-corrected chi connectivity index (χ3v) is 3.56. The molecule has 0 aromatic carbocycles. The number of hydrogen-bond acceptors (Lipinski definition) is 5. The molecule has 9 heteroatoms. The summed E-state index contributed by atoms with van der Waals surface area (Å²) in [6, 6.07) is 2.78. The summed E-state index contributed by atoms with van der Waals surface area (Å²) in [4.78, 5) is 23.4. The third-order valence-electron chi connectivity index (χ3n) is 3.56. The zero-order chi connectivity index (χ0) is 18.2. The van der Waals surface area contributed by atoms with Crippen molar-refractivity contribution in [2.75, 3.05) is 5.32 Å². The molecule has 0 spiro atoms. The molecule has 130 valence electrons. The Kier molecular flexibility index (Phi) is 4.15. The number of aryl methyl sites for hydroxylation is 1. The maximum atomic E-state index is 13.6. The minimum Gasteiger partial charge on any atom is -0.311 e. The van der Waals surface area contributed by atoms with Crippen molar-refractivity contribution in [1.82, 2.24) is 24.7 Å². The molecule has 25 heavy (non-hydrogen) atoms. The van der Waals surface area contributed by atoms with E-state index in [1.165, 1.54) is 23.9 Å². The number of anilines is 1. The van der Waals surface area contributed by atoms with Crippen molar-refractivity contribution in [3.63, 3.8) is 0 Å². The second kappa shape index (κ2) is 6.15. The van der Waals surface area contributed by atoms with Crippen molar-refractivity contribution in [2.45, 2.75) is 33.1 Å². The second-order valence-electron chi connectivity index (χ2n) is 5.61. The van der Waals surface area contributed by atoms with Gasteiger partial charge in [0.25, 0.3) is 11.9 Å². The zero-order valence-electron chi connectivity index (χ0n) is 13.9. The van der Waals surface area contributed by atoms with Crippen LogP contribution < -0.4 is 5.32 Å². The first kappa shape index (κ1) is 16.9. The molecule has 0 fully saturated rings. The fraction of sp³-hybridized carbons (Fsp3) is 0.312. The number of hydrogen-bond donors (Lipinski definition) is 1. The smallest absolute Gasteiger partial charge is 0.287 e. The Balaban J connectivity index is 2.19. The summed E-state index contributed by atoms with van der Waals surface area (Å²) in [5.74, 6) is -2.99. The predicted molar refractivity (Wildman–Crippen MR) is 87.7 cm³/mol. The first-order valence-corrected chi connectivity index (χ1v) is 7.66. The molecule has 0 radical (unpaired) electrons. The number of nitrogens with zero attached hydrogens (tertiary/aromatic N) is 5. The van der Waals surface area contributed by atoms with E-state index in [-0.39, 0.29) is 11.9 Å². The predicted octanol–water partition coefficient (Wildman–Crippen LogP) is 2.84. The Morgan fingerprint density at radius 1 is 1.36 bits per heavy atom. The highest BCUT2D eigenvalue weighted by Crippen LogP contribution is 2.27. The molecule has 0 aliphatic carbocycles. The van der Waals surface area contributed by atoms with Gasteiger partial charge < -0.3 is 5.32 Å². The van der Waals surface area contributed by atoms with Gasteiger partial charge in [0.15, 0.2) is 0 Å². The van der Waals surface area contributed by atoms with Gasteiger partial charge in [-0.15, -0.1) is 0 Å². The zero-order valence-corrected chi connectivity index (χ0v) is 13.9. The van der Waals surface area contributed by atoms with Gasteiger partial charge in [0.1, 0.15) is 11.5 Å². The molecule has 0 aliphatic heterocycles. The Bertz CT molecular complexity index is 947. The molecule has 0 atom stereocenters. The lowest BCUT2D eigenvalue weighted by atomic mass is 10.2. The van der Waals surface area contributed by atoms with Crippen molar-refractivity contribution >= 4 is 22.6 Å². The van der Waals surface area contributed by atoms with Crippen LogP contribution in [0.25, 0.3) is 16.9 Å². The van der Waals surface area contributed by atoms with Crippen molar-refractivity contribution in [1.29, 1.82) is 0 Å². The molecular formula is C16H16F2N6O. The summed E-state index contributed by atoms with van der Waals surface area (Å²) in [5, 5.41) is 7.75. The van der Waals surface area contributed by atoms with Crippen LogP contribution in [0.1, 0.15) is 32.2 Å². The van der Waals surface area contributed by atoms with Crippen LogP contribution in [0, 0.1) is 0 Å². The van der Waals surface area contributed by atoms with E-state index in [9.17, 15) is 13.6 Å². The molecule has 0 saturated heterocycles. The minimum atomic E-state index is -3.09. The number of fused-ring (bicyclic) bond motifs is 1. The number of nitrogens with one attached hydrogen (secondary N) is 1. The standard InChI is InChI=1S/C16H16F2N6O/c1-4-11-10-8-20-14(21-9(2)25)7-12(10)24(23-11)15-19-6-5-13(22-15)16(3,17)18/h5-8H,4H2,1-3H3,(H,20,21,25). The summed E-state index contributed by atoms with van der Waals surface area (Å²) >= 11 is 0. The molecule has 1 amide bonds.